The molecule has 1 aromatic rings. The van der Waals surface area contributed by atoms with Crippen LogP contribution < -0.4 is 0 Å². The Balaban J connectivity index is 3.32. The van der Waals surface area contributed by atoms with Gasteiger partial charge in [0.25, 0.3) is 0 Å². The zero-order valence-electron chi connectivity index (χ0n) is 12.8. The summed E-state index contributed by atoms with van der Waals surface area (Å²) in [4.78, 5) is 2.25. The van der Waals surface area contributed by atoms with Crippen LogP contribution in [-0.2, 0) is 5.41 Å². The molecule has 102 valence electrons. The molecule has 1 nitrogen and oxygen atoms in total. The maximum absolute atomic E-state index is 4.50. The second kappa shape index (κ2) is 5.66. The van der Waals surface area contributed by atoms with E-state index in [9.17, 15) is 0 Å². The second-order valence-corrected chi connectivity index (χ2v) is 6.80. The summed E-state index contributed by atoms with van der Waals surface area (Å²) in [5, 5.41) is 0. The van der Waals surface area contributed by atoms with Crippen LogP contribution >= 0.6 is 12.6 Å². The molecule has 0 aliphatic heterocycles. The molecule has 0 amide bonds. The van der Waals surface area contributed by atoms with Crippen molar-refractivity contribution in [1.29, 1.82) is 0 Å². The summed E-state index contributed by atoms with van der Waals surface area (Å²) in [7, 11) is 4.24. The molecule has 0 aliphatic rings. The quantitative estimate of drug-likeness (QED) is 0.804. The number of thiol groups is 1. The van der Waals surface area contributed by atoms with E-state index in [4.69, 9.17) is 0 Å². The lowest BCUT2D eigenvalue weighted by molar-refractivity contribution is 0.324. The second-order valence-electron chi connectivity index (χ2n) is 6.44. The van der Waals surface area contributed by atoms with E-state index in [-0.39, 0.29) is 5.41 Å². The van der Waals surface area contributed by atoms with E-state index in [0.29, 0.717) is 6.04 Å². The summed E-state index contributed by atoms with van der Waals surface area (Å²) < 4.78 is 0. The van der Waals surface area contributed by atoms with E-state index < -0.39 is 0 Å². The number of hydrogen-bond donors (Lipinski definition) is 1. The van der Waals surface area contributed by atoms with Gasteiger partial charge in [-0.2, -0.15) is 12.6 Å². The van der Waals surface area contributed by atoms with Crippen molar-refractivity contribution in [3.63, 3.8) is 0 Å². The van der Waals surface area contributed by atoms with Crippen LogP contribution in [0.25, 0.3) is 0 Å². The average Bonchev–Trinajstić information content (AvgIpc) is 2.20. The molecular weight excluding hydrogens is 238 g/mol. The van der Waals surface area contributed by atoms with E-state index in [1.54, 1.807) is 0 Å². The van der Waals surface area contributed by atoms with Gasteiger partial charge in [0.05, 0.1) is 0 Å². The predicted octanol–water partition coefficient (Wildman–Crippen LogP) is 4.13. The van der Waals surface area contributed by atoms with Gasteiger partial charge < -0.3 is 4.90 Å². The summed E-state index contributed by atoms with van der Waals surface area (Å²) in [6.45, 7) is 11.2. The van der Waals surface area contributed by atoms with Gasteiger partial charge in [-0.1, -0.05) is 32.9 Å². The van der Waals surface area contributed by atoms with Crippen molar-refractivity contribution in [3.8, 4) is 0 Å². The normalized spacial score (nSPS) is 14.1. The van der Waals surface area contributed by atoms with Gasteiger partial charge in [-0.3, -0.25) is 0 Å². The maximum Gasteiger partial charge on any atom is 0.0435 e. The van der Waals surface area contributed by atoms with Crippen LogP contribution in [0.5, 0.6) is 0 Å². The van der Waals surface area contributed by atoms with Crippen molar-refractivity contribution in [2.75, 3.05) is 19.8 Å². The Morgan fingerprint density at radius 1 is 1.11 bits per heavy atom. The van der Waals surface area contributed by atoms with E-state index in [2.05, 4.69) is 78.4 Å². The number of nitrogens with zero attached hydrogens (tertiary/aromatic N) is 1. The van der Waals surface area contributed by atoms with E-state index in [0.717, 1.165) is 5.75 Å². The Labute approximate surface area is 118 Å². The molecule has 1 rings (SSSR count). The van der Waals surface area contributed by atoms with Crippen LogP contribution in [0.3, 0.4) is 0 Å². The van der Waals surface area contributed by atoms with Crippen LogP contribution in [0.4, 0.5) is 0 Å². The summed E-state index contributed by atoms with van der Waals surface area (Å²) in [5.74, 6) is 0.851. The Hall–Kier alpha value is -0.470. The molecule has 0 spiro atoms. The zero-order valence-corrected chi connectivity index (χ0v) is 13.7. The first kappa shape index (κ1) is 15.6. The first-order valence-electron chi connectivity index (χ1n) is 6.57. The van der Waals surface area contributed by atoms with Crippen LogP contribution in [0.15, 0.2) is 12.1 Å². The molecule has 1 aromatic carbocycles. The summed E-state index contributed by atoms with van der Waals surface area (Å²) >= 11 is 4.50. The monoisotopic (exact) mass is 265 g/mol. The molecule has 1 unspecified atom stereocenters. The molecule has 0 heterocycles. The average molecular weight is 265 g/mol. The van der Waals surface area contributed by atoms with Gasteiger partial charge in [0, 0.05) is 11.8 Å². The highest BCUT2D eigenvalue weighted by Gasteiger charge is 2.21. The number of aryl methyl sites for hydroxylation is 2. The Kier molecular flexibility index (Phi) is 4.90. The SMILES string of the molecule is Cc1cc(C(C)(C)C)cc(C)c1C(CS)N(C)C. The van der Waals surface area contributed by atoms with Crippen molar-refractivity contribution in [1.82, 2.24) is 4.90 Å². The summed E-state index contributed by atoms with van der Waals surface area (Å²) in [6, 6.07) is 5.06. The molecule has 1 atom stereocenters. The summed E-state index contributed by atoms with van der Waals surface area (Å²) in [5.41, 5.74) is 5.82. The van der Waals surface area contributed by atoms with Gasteiger partial charge in [0.15, 0.2) is 0 Å². The maximum atomic E-state index is 4.50. The fourth-order valence-electron chi connectivity index (χ4n) is 2.45. The molecular formula is C16H27NS. The molecule has 0 aliphatic carbocycles. The molecule has 0 aromatic heterocycles. The molecule has 0 saturated carbocycles. The molecule has 0 radical (unpaired) electrons. The minimum absolute atomic E-state index is 0.211. The van der Waals surface area contributed by atoms with Crippen LogP contribution in [-0.4, -0.2) is 24.7 Å². The van der Waals surface area contributed by atoms with Gasteiger partial charge in [-0.05, 0) is 55.6 Å². The molecule has 0 fully saturated rings. The van der Waals surface area contributed by atoms with Crippen molar-refractivity contribution in [2.24, 2.45) is 0 Å². The topological polar surface area (TPSA) is 3.24 Å². The van der Waals surface area contributed by atoms with Gasteiger partial charge in [0.2, 0.25) is 0 Å². The van der Waals surface area contributed by atoms with Gasteiger partial charge in [-0.25, -0.2) is 0 Å². The largest absolute Gasteiger partial charge is 0.302 e. The smallest absolute Gasteiger partial charge is 0.0435 e. The van der Waals surface area contributed by atoms with Crippen LogP contribution in [0, 0.1) is 13.8 Å². The van der Waals surface area contributed by atoms with E-state index in [1.807, 2.05) is 0 Å². The summed E-state index contributed by atoms with van der Waals surface area (Å²) in [6.07, 6.45) is 0. The van der Waals surface area contributed by atoms with Crippen LogP contribution in [0.1, 0.15) is 49.1 Å². The Morgan fingerprint density at radius 2 is 1.56 bits per heavy atom. The third kappa shape index (κ3) is 3.30. The first-order valence-corrected chi connectivity index (χ1v) is 7.20. The van der Waals surface area contributed by atoms with Crippen molar-refractivity contribution >= 4 is 12.6 Å². The molecule has 0 saturated heterocycles. The third-order valence-corrected chi connectivity index (χ3v) is 3.94. The fourth-order valence-corrected chi connectivity index (χ4v) is 2.96. The molecule has 0 N–H and O–H groups in total. The lowest BCUT2D eigenvalue weighted by Crippen LogP contribution is -2.24. The van der Waals surface area contributed by atoms with Gasteiger partial charge >= 0.3 is 0 Å². The third-order valence-electron chi connectivity index (χ3n) is 3.59. The molecule has 0 bridgehead atoms. The van der Waals surface area contributed by atoms with Gasteiger partial charge in [0.1, 0.15) is 0 Å². The zero-order chi connectivity index (χ0) is 14.1. The van der Waals surface area contributed by atoms with Crippen LogP contribution in [0.2, 0.25) is 0 Å². The highest BCUT2D eigenvalue weighted by atomic mass is 32.1. The highest BCUT2D eigenvalue weighted by Crippen LogP contribution is 2.31. The Bertz CT molecular complexity index is 393. The minimum atomic E-state index is 0.211. The number of hydrogen-bond acceptors (Lipinski definition) is 2. The van der Waals surface area contributed by atoms with E-state index >= 15 is 0 Å². The highest BCUT2D eigenvalue weighted by molar-refractivity contribution is 7.80. The van der Waals surface area contributed by atoms with Crippen molar-refractivity contribution < 1.29 is 0 Å². The number of benzene rings is 1. The van der Waals surface area contributed by atoms with Gasteiger partial charge in [-0.15, -0.1) is 0 Å². The lowest BCUT2D eigenvalue weighted by Gasteiger charge is -2.29. The Morgan fingerprint density at radius 3 is 1.83 bits per heavy atom. The standard InChI is InChI=1S/C16H27NS/c1-11-8-13(16(3,4)5)9-12(2)15(11)14(10-18)17(6)7/h8-9,14,18H,10H2,1-7H3. The van der Waals surface area contributed by atoms with Crippen molar-refractivity contribution in [3.05, 3.63) is 34.4 Å². The number of rotatable bonds is 3. The molecule has 2 heteroatoms. The fraction of sp³-hybridized carbons (Fsp3) is 0.625. The predicted molar refractivity (Wildman–Crippen MR) is 84.9 cm³/mol. The first-order chi connectivity index (χ1) is 8.18. The minimum Gasteiger partial charge on any atom is -0.302 e. The van der Waals surface area contributed by atoms with E-state index in [1.165, 1.54) is 22.3 Å². The molecule has 18 heavy (non-hydrogen) atoms. The lowest BCUT2D eigenvalue weighted by atomic mass is 9.82. The van der Waals surface area contributed by atoms with Crippen molar-refractivity contribution in [2.45, 2.75) is 46.1 Å².